The molecule has 0 fully saturated rings. The number of rotatable bonds is 4. The Balaban J connectivity index is 2.37. The van der Waals surface area contributed by atoms with Crippen LogP contribution in [0.1, 0.15) is 18.5 Å². The molecule has 0 saturated carbocycles. The Labute approximate surface area is 131 Å². The van der Waals surface area contributed by atoms with Gasteiger partial charge in [-0.3, -0.25) is 0 Å². The Bertz CT molecular complexity index is 608. The smallest absolute Gasteiger partial charge is 0.338 e. The van der Waals surface area contributed by atoms with E-state index in [2.05, 4.69) is 33.1 Å². The molecule has 1 atom stereocenters. The quantitative estimate of drug-likeness (QED) is 0.648. The van der Waals surface area contributed by atoms with E-state index in [4.69, 9.17) is 4.74 Å². The van der Waals surface area contributed by atoms with Gasteiger partial charge in [0.15, 0.2) is 0 Å². The number of benzene rings is 1. The molecule has 0 unspecified atom stereocenters. The normalized spacial score (nSPS) is 17.8. The summed E-state index contributed by atoms with van der Waals surface area (Å²) in [6.07, 6.45) is 1.50. The summed E-state index contributed by atoms with van der Waals surface area (Å²) in [4.78, 5) is 23.9. The number of hydrogen-bond acceptors (Lipinski definition) is 3. The first-order valence-corrected chi connectivity index (χ1v) is 7.14. The number of amides is 2. The summed E-state index contributed by atoms with van der Waals surface area (Å²) < 4.78 is 6.02. The lowest BCUT2D eigenvalue weighted by Gasteiger charge is -2.28. The first kappa shape index (κ1) is 15.3. The largest absolute Gasteiger partial charge is 0.458 e. The maximum Gasteiger partial charge on any atom is 0.338 e. The second-order valence-corrected chi connectivity index (χ2v) is 5.42. The highest BCUT2D eigenvalue weighted by atomic mass is 79.9. The van der Waals surface area contributed by atoms with Gasteiger partial charge in [-0.05, 0) is 24.6 Å². The van der Waals surface area contributed by atoms with Crippen LogP contribution in [-0.4, -0.2) is 18.6 Å². The highest BCUT2D eigenvalue weighted by Crippen LogP contribution is 2.28. The molecule has 1 aromatic carbocycles. The highest BCUT2D eigenvalue weighted by Gasteiger charge is 2.31. The molecule has 110 valence electrons. The summed E-state index contributed by atoms with van der Waals surface area (Å²) in [6, 6.07) is 6.50. The van der Waals surface area contributed by atoms with Gasteiger partial charge in [0.05, 0.1) is 11.6 Å². The number of hydrogen-bond donors (Lipinski definition) is 2. The number of halogens is 1. The van der Waals surface area contributed by atoms with Crippen LogP contribution in [-0.2, 0) is 9.53 Å². The van der Waals surface area contributed by atoms with E-state index in [1.807, 2.05) is 24.3 Å². The molecule has 2 rings (SSSR count). The highest BCUT2D eigenvalue weighted by molar-refractivity contribution is 9.10. The Kier molecular flexibility index (Phi) is 4.80. The summed E-state index contributed by atoms with van der Waals surface area (Å²) in [5.41, 5.74) is 1.68. The maximum absolute atomic E-state index is 12.2. The fourth-order valence-corrected chi connectivity index (χ4v) is 2.35. The maximum atomic E-state index is 12.2. The summed E-state index contributed by atoms with van der Waals surface area (Å²) in [6.45, 7) is 5.31. The minimum absolute atomic E-state index is 0.122. The van der Waals surface area contributed by atoms with E-state index in [0.29, 0.717) is 11.3 Å². The van der Waals surface area contributed by atoms with E-state index in [9.17, 15) is 9.59 Å². The van der Waals surface area contributed by atoms with Gasteiger partial charge in [-0.25, -0.2) is 9.59 Å². The molecule has 0 spiro atoms. The topological polar surface area (TPSA) is 67.4 Å². The van der Waals surface area contributed by atoms with Crippen molar-refractivity contribution in [3.63, 3.8) is 0 Å². The number of esters is 1. The van der Waals surface area contributed by atoms with Crippen LogP contribution in [0.5, 0.6) is 0 Å². The molecule has 1 aliphatic rings. The monoisotopic (exact) mass is 350 g/mol. The molecule has 0 aliphatic carbocycles. The van der Waals surface area contributed by atoms with E-state index in [0.717, 1.165) is 10.0 Å². The molecule has 0 bridgehead atoms. The molecule has 1 heterocycles. The van der Waals surface area contributed by atoms with Gasteiger partial charge in [-0.2, -0.15) is 0 Å². The molecule has 21 heavy (non-hydrogen) atoms. The average Bonchev–Trinajstić information content (AvgIpc) is 2.44. The third-order valence-corrected chi connectivity index (χ3v) is 3.55. The van der Waals surface area contributed by atoms with E-state index in [1.165, 1.54) is 6.08 Å². The minimum atomic E-state index is -0.538. The SMILES string of the molecule is C=CCOC(=O)C1=C(C)NC(=O)N[C@H]1c1ccc(Br)cc1. The Morgan fingerprint density at radius 1 is 1.43 bits per heavy atom. The van der Waals surface area contributed by atoms with Crippen molar-refractivity contribution in [2.24, 2.45) is 0 Å². The van der Waals surface area contributed by atoms with Crippen LogP contribution in [0.3, 0.4) is 0 Å². The molecule has 2 amide bonds. The van der Waals surface area contributed by atoms with Crippen molar-refractivity contribution in [1.82, 2.24) is 10.6 Å². The van der Waals surface area contributed by atoms with E-state index < -0.39 is 12.0 Å². The third kappa shape index (κ3) is 3.52. The van der Waals surface area contributed by atoms with Gasteiger partial charge in [-0.1, -0.05) is 40.7 Å². The van der Waals surface area contributed by atoms with Gasteiger partial charge in [0.1, 0.15) is 6.61 Å². The lowest BCUT2D eigenvalue weighted by Crippen LogP contribution is -2.45. The Morgan fingerprint density at radius 2 is 2.10 bits per heavy atom. The number of allylic oxidation sites excluding steroid dienone is 1. The van der Waals surface area contributed by atoms with E-state index in [1.54, 1.807) is 6.92 Å². The van der Waals surface area contributed by atoms with Crippen LogP contribution < -0.4 is 10.6 Å². The van der Waals surface area contributed by atoms with Gasteiger partial charge < -0.3 is 15.4 Å². The Morgan fingerprint density at radius 3 is 2.71 bits per heavy atom. The van der Waals surface area contributed by atoms with Gasteiger partial charge in [0.2, 0.25) is 0 Å². The molecular formula is C15H15BrN2O3. The Hall–Kier alpha value is -2.08. The van der Waals surface area contributed by atoms with E-state index >= 15 is 0 Å². The standard InChI is InChI=1S/C15H15BrN2O3/c1-3-8-21-14(19)12-9(2)17-15(20)18-13(12)10-4-6-11(16)7-5-10/h3-7,13H,1,8H2,2H3,(H2,17,18,20)/t13-/m0/s1. The molecule has 0 radical (unpaired) electrons. The summed E-state index contributed by atoms with van der Waals surface area (Å²) in [5.74, 6) is -0.479. The van der Waals surface area contributed by atoms with Crippen molar-refractivity contribution in [3.8, 4) is 0 Å². The van der Waals surface area contributed by atoms with Gasteiger partial charge in [-0.15, -0.1) is 0 Å². The predicted octanol–water partition coefficient (Wildman–Crippen LogP) is 2.81. The summed E-state index contributed by atoms with van der Waals surface area (Å²) in [7, 11) is 0. The van der Waals surface area contributed by atoms with Crippen LogP contribution in [0.25, 0.3) is 0 Å². The minimum Gasteiger partial charge on any atom is -0.458 e. The lowest BCUT2D eigenvalue weighted by molar-refractivity contribution is -0.138. The average molecular weight is 351 g/mol. The van der Waals surface area contributed by atoms with Crippen LogP contribution in [0.2, 0.25) is 0 Å². The second kappa shape index (κ2) is 6.58. The van der Waals surface area contributed by atoms with E-state index in [-0.39, 0.29) is 12.6 Å². The molecule has 1 aromatic rings. The van der Waals surface area contributed by atoms with Crippen molar-refractivity contribution >= 4 is 27.9 Å². The second-order valence-electron chi connectivity index (χ2n) is 4.51. The zero-order chi connectivity index (χ0) is 15.4. The van der Waals surface area contributed by atoms with Crippen LogP contribution in [0, 0.1) is 0 Å². The molecule has 6 heteroatoms. The fraction of sp³-hybridized carbons (Fsp3) is 0.200. The van der Waals surface area contributed by atoms with Crippen molar-refractivity contribution in [1.29, 1.82) is 0 Å². The van der Waals surface area contributed by atoms with Crippen molar-refractivity contribution in [3.05, 3.63) is 58.2 Å². The number of carbonyl (C=O) groups excluding carboxylic acids is 2. The predicted molar refractivity (Wildman–Crippen MR) is 82.4 cm³/mol. The third-order valence-electron chi connectivity index (χ3n) is 3.02. The number of nitrogens with one attached hydrogen (secondary N) is 2. The lowest BCUT2D eigenvalue weighted by atomic mass is 9.96. The zero-order valence-corrected chi connectivity index (χ0v) is 13.1. The summed E-state index contributed by atoms with van der Waals surface area (Å²) in [5, 5.41) is 5.33. The first-order chi connectivity index (χ1) is 10.0. The molecular weight excluding hydrogens is 336 g/mol. The zero-order valence-electron chi connectivity index (χ0n) is 11.5. The molecule has 2 N–H and O–H groups in total. The number of urea groups is 1. The van der Waals surface area contributed by atoms with Crippen LogP contribution in [0.15, 0.2) is 52.7 Å². The van der Waals surface area contributed by atoms with Gasteiger partial charge in [0.25, 0.3) is 0 Å². The number of carbonyl (C=O) groups is 2. The molecule has 0 aromatic heterocycles. The van der Waals surface area contributed by atoms with Crippen LogP contribution in [0.4, 0.5) is 4.79 Å². The first-order valence-electron chi connectivity index (χ1n) is 6.34. The summed E-state index contributed by atoms with van der Waals surface area (Å²) >= 11 is 3.36. The van der Waals surface area contributed by atoms with Gasteiger partial charge in [0, 0.05) is 10.2 Å². The van der Waals surface area contributed by atoms with Gasteiger partial charge >= 0.3 is 12.0 Å². The molecule has 5 nitrogen and oxygen atoms in total. The van der Waals surface area contributed by atoms with Crippen molar-refractivity contribution in [2.75, 3.05) is 6.61 Å². The fourth-order valence-electron chi connectivity index (χ4n) is 2.08. The molecule has 0 saturated heterocycles. The van der Waals surface area contributed by atoms with Crippen molar-refractivity contribution in [2.45, 2.75) is 13.0 Å². The molecule has 1 aliphatic heterocycles. The number of ether oxygens (including phenoxy) is 1. The van der Waals surface area contributed by atoms with Crippen molar-refractivity contribution < 1.29 is 14.3 Å². The van der Waals surface area contributed by atoms with Crippen LogP contribution >= 0.6 is 15.9 Å².